The fourth-order valence-corrected chi connectivity index (χ4v) is 4.06. The molecule has 124 valence electrons. The molecule has 1 unspecified atom stereocenters. The van der Waals surface area contributed by atoms with Gasteiger partial charge in [-0.05, 0) is 45.1 Å². The second kappa shape index (κ2) is 6.11. The number of likely N-dealkylation sites (tertiary alicyclic amines) is 1. The van der Waals surface area contributed by atoms with E-state index in [1.165, 1.54) is 50.0 Å². The van der Waals surface area contributed by atoms with Crippen LogP contribution in [-0.2, 0) is 20.1 Å². The van der Waals surface area contributed by atoms with Crippen LogP contribution in [0, 0.1) is 12.8 Å². The minimum Gasteiger partial charge on any atom is -0.335 e. The Morgan fingerprint density at radius 3 is 2.87 bits per heavy atom. The number of piperidine rings is 1. The third-order valence-electron chi connectivity index (χ3n) is 5.40. The fourth-order valence-electron chi connectivity index (χ4n) is 4.06. The van der Waals surface area contributed by atoms with Gasteiger partial charge in [0.05, 0.1) is 6.20 Å². The summed E-state index contributed by atoms with van der Waals surface area (Å²) in [5, 5.41) is 4.51. The van der Waals surface area contributed by atoms with Crippen molar-refractivity contribution in [2.24, 2.45) is 13.0 Å². The highest BCUT2D eigenvalue weighted by Crippen LogP contribution is 2.41. The molecule has 5 heteroatoms. The molecular weight excluding hydrogens is 286 g/mol. The van der Waals surface area contributed by atoms with E-state index in [9.17, 15) is 0 Å². The molecule has 1 atom stereocenters. The summed E-state index contributed by atoms with van der Waals surface area (Å²) in [7, 11) is 2.10. The van der Waals surface area contributed by atoms with Crippen LogP contribution in [0.5, 0.6) is 0 Å². The molecular formula is C18H27N5. The van der Waals surface area contributed by atoms with Crippen LogP contribution in [0.4, 0.5) is 0 Å². The summed E-state index contributed by atoms with van der Waals surface area (Å²) in [5.74, 6) is 2.63. The van der Waals surface area contributed by atoms with Crippen molar-refractivity contribution in [3.63, 3.8) is 0 Å². The van der Waals surface area contributed by atoms with E-state index < -0.39 is 0 Å². The van der Waals surface area contributed by atoms with Crippen LogP contribution in [0.25, 0.3) is 0 Å². The van der Waals surface area contributed by atoms with E-state index in [4.69, 9.17) is 0 Å². The minimum atomic E-state index is 0.734. The van der Waals surface area contributed by atoms with Crippen molar-refractivity contribution in [2.75, 3.05) is 13.1 Å². The van der Waals surface area contributed by atoms with Crippen LogP contribution >= 0.6 is 0 Å². The number of imidazole rings is 1. The summed E-state index contributed by atoms with van der Waals surface area (Å²) < 4.78 is 4.40. The Morgan fingerprint density at radius 1 is 1.26 bits per heavy atom. The second-order valence-corrected chi connectivity index (χ2v) is 7.32. The van der Waals surface area contributed by atoms with E-state index in [0.29, 0.717) is 0 Å². The molecule has 0 aromatic carbocycles. The van der Waals surface area contributed by atoms with E-state index in [0.717, 1.165) is 30.7 Å². The molecule has 0 radical (unpaired) electrons. The molecule has 3 heterocycles. The maximum absolute atomic E-state index is 4.51. The highest BCUT2D eigenvalue weighted by molar-refractivity contribution is 5.25. The van der Waals surface area contributed by atoms with Gasteiger partial charge in [0.1, 0.15) is 5.82 Å². The normalized spacial score (nSPS) is 22.6. The first kappa shape index (κ1) is 14.9. The molecule has 1 saturated heterocycles. The van der Waals surface area contributed by atoms with Crippen molar-refractivity contribution < 1.29 is 0 Å². The van der Waals surface area contributed by atoms with Gasteiger partial charge < -0.3 is 4.57 Å². The zero-order valence-electron chi connectivity index (χ0n) is 14.3. The standard InChI is InChI=1S/C18H27N5/c1-14-19-7-9-23(14)12-15-4-3-8-22(11-15)13-17-10-20-21(2)18(17)16-5-6-16/h7,9-10,15-16H,3-6,8,11-13H2,1-2H3. The molecule has 1 saturated carbocycles. The molecule has 4 rings (SSSR count). The number of aromatic nitrogens is 4. The first-order chi connectivity index (χ1) is 11.2. The first-order valence-electron chi connectivity index (χ1n) is 8.91. The molecule has 2 aromatic rings. The summed E-state index contributed by atoms with van der Waals surface area (Å²) in [5.41, 5.74) is 2.94. The maximum atomic E-state index is 4.51. The fraction of sp³-hybridized carbons (Fsp3) is 0.667. The summed E-state index contributed by atoms with van der Waals surface area (Å²) in [6.45, 7) is 6.68. The second-order valence-electron chi connectivity index (χ2n) is 7.32. The summed E-state index contributed by atoms with van der Waals surface area (Å²) in [6, 6.07) is 0. The Morgan fingerprint density at radius 2 is 2.13 bits per heavy atom. The molecule has 2 aromatic heterocycles. The van der Waals surface area contributed by atoms with Gasteiger partial charge in [0.25, 0.3) is 0 Å². The van der Waals surface area contributed by atoms with E-state index >= 15 is 0 Å². The summed E-state index contributed by atoms with van der Waals surface area (Å²) in [6.07, 6.45) is 11.4. The molecule has 23 heavy (non-hydrogen) atoms. The van der Waals surface area contributed by atoms with Crippen LogP contribution in [0.2, 0.25) is 0 Å². The molecule has 2 aliphatic rings. The van der Waals surface area contributed by atoms with Crippen LogP contribution in [0.3, 0.4) is 0 Å². The summed E-state index contributed by atoms with van der Waals surface area (Å²) in [4.78, 5) is 6.98. The van der Waals surface area contributed by atoms with Gasteiger partial charge in [-0.1, -0.05) is 0 Å². The number of rotatable bonds is 5. The molecule has 1 aliphatic heterocycles. The van der Waals surface area contributed by atoms with Gasteiger partial charge in [-0.25, -0.2) is 4.98 Å². The lowest BCUT2D eigenvalue weighted by Crippen LogP contribution is -2.36. The van der Waals surface area contributed by atoms with Gasteiger partial charge in [-0.15, -0.1) is 0 Å². The monoisotopic (exact) mass is 313 g/mol. The van der Waals surface area contributed by atoms with E-state index in [2.05, 4.69) is 50.6 Å². The van der Waals surface area contributed by atoms with Crippen LogP contribution in [-0.4, -0.2) is 37.3 Å². The minimum absolute atomic E-state index is 0.734. The number of hydrogen-bond donors (Lipinski definition) is 0. The molecule has 0 spiro atoms. The Bertz CT molecular complexity index is 667. The molecule has 5 nitrogen and oxygen atoms in total. The molecule has 0 amide bonds. The van der Waals surface area contributed by atoms with Gasteiger partial charge in [0.2, 0.25) is 0 Å². The zero-order chi connectivity index (χ0) is 15.8. The smallest absolute Gasteiger partial charge is 0.105 e. The SMILES string of the molecule is Cc1nccn1CC1CCCN(Cc2cnn(C)c2C2CC2)C1. The Balaban J connectivity index is 1.41. The van der Waals surface area contributed by atoms with Crippen LogP contribution < -0.4 is 0 Å². The van der Waals surface area contributed by atoms with Crippen molar-refractivity contribution in [2.45, 2.75) is 51.6 Å². The topological polar surface area (TPSA) is 38.9 Å². The molecule has 0 bridgehead atoms. The van der Waals surface area contributed by atoms with Gasteiger partial charge in [0, 0.05) is 56.3 Å². The first-order valence-corrected chi connectivity index (χ1v) is 8.91. The highest BCUT2D eigenvalue weighted by Gasteiger charge is 2.30. The van der Waals surface area contributed by atoms with Crippen molar-refractivity contribution >= 4 is 0 Å². The quantitative estimate of drug-likeness (QED) is 0.852. The van der Waals surface area contributed by atoms with Crippen molar-refractivity contribution in [1.29, 1.82) is 0 Å². The Labute approximate surface area is 138 Å². The highest BCUT2D eigenvalue weighted by atomic mass is 15.3. The lowest BCUT2D eigenvalue weighted by molar-refractivity contribution is 0.155. The third-order valence-corrected chi connectivity index (χ3v) is 5.40. The Hall–Kier alpha value is -1.62. The van der Waals surface area contributed by atoms with E-state index in [-0.39, 0.29) is 0 Å². The van der Waals surface area contributed by atoms with Crippen molar-refractivity contribution in [1.82, 2.24) is 24.2 Å². The Kier molecular flexibility index (Phi) is 3.97. The average Bonchev–Trinajstić information content (AvgIpc) is 3.20. The molecule has 1 aliphatic carbocycles. The van der Waals surface area contributed by atoms with Gasteiger partial charge in [-0.2, -0.15) is 5.10 Å². The predicted molar refractivity (Wildman–Crippen MR) is 90.1 cm³/mol. The zero-order valence-corrected chi connectivity index (χ0v) is 14.3. The largest absolute Gasteiger partial charge is 0.335 e. The van der Waals surface area contributed by atoms with Crippen molar-refractivity contribution in [3.8, 4) is 0 Å². The number of aryl methyl sites for hydroxylation is 2. The van der Waals surface area contributed by atoms with E-state index in [1.54, 1.807) is 0 Å². The molecule has 2 fully saturated rings. The van der Waals surface area contributed by atoms with Gasteiger partial charge >= 0.3 is 0 Å². The number of hydrogen-bond acceptors (Lipinski definition) is 3. The lowest BCUT2D eigenvalue weighted by Gasteiger charge is -2.33. The van der Waals surface area contributed by atoms with Gasteiger partial charge in [-0.3, -0.25) is 9.58 Å². The van der Waals surface area contributed by atoms with Crippen LogP contribution in [0.1, 0.15) is 48.7 Å². The lowest BCUT2D eigenvalue weighted by atomic mass is 9.97. The third kappa shape index (κ3) is 3.20. The number of nitrogens with zero attached hydrogens (tertiary/aromatic N) is 5. The predicted octanol–water partition coefficient (Wildman–Crippen LogP) is 2.71. The molecule has 0 N–H and O–H groups in total. The average molecular weight is 313 g/mol. The summed E-state index contributed by atoms with van der Waals surface area (Å²) >= 11 is 0. The van der Waals surface area contributed by atoms with Crippen LogP contribution in [0.15, 0.2) is 18.6 Å². The maximum Gasteiger partial charge on any atom is 0.105 e. The van der Waals surface area contributed by atoms with E-state index in [1.807, 2.05) is 6.20 Å². The van der Waals surface area contributed by atoms with Gasteiger partial charge in [0.15, 0.2) is 0 Å². The van der Waals surface area contributed by atoms with Crippen molar-refractivity contribution in [3.05, 3.63) is 35.7 Å².